The fourth-order valence-corrected chi connectivity index (χ4v) is 3.94. The summed E-state index contributed by atoms with van der Waals surface area (Å²) >= 11 is 1.31. The summed E-state index contributed by atoms with van der Waals surface area (Å²) < 4.78 is 17.9. The van der Waals surface area contributed by atoms with E-state index in [4.69, 9.17) is 14.2 Å². The van der Waals surface area contributed by atoms with Crippen LogP contribution in [0, 0.1) is 0 Å². The van der Waals surface area contributed by atoms with Gasteiger partial charge >= 0.3 is 0 Å². The van der Waals surface area contributed by atoms with E-state index in [1.165, 1.54) is 15.9 Å². The number of hydrogen-bond donors (Lipinski definition) is 0. The molecule has 31 heavy (non-hydrogen) atoms. The zero-order valence-electron chi connectivity index (χ0n) is 17.4. The van der Waals surface area contributed by atoms with Crippen LogP contribution in [0.4, 0.5) is 0 Å². The van der Waals surface area contributed by atoms with Crippen LogP contribution in [0.15, 0.2) is 47.3 Å². The van der Waals surface area contributed by atoms with E-state index in [-0.39, 0.29) is 5.56 Å². The van der Waals surface area contributed by atoms with Crippen LogP contribution in [-0.2, 0) is 0 Å². The Labute approximate surface area is 182 Å². The number of methoxy groups -OCH3 is 2. The molecule has 2 aromatic heterocycles. The lowest BCUT2D eigenvalue weighted by Gasteiger charge is -2.07. The molecule has 0 saturated heterocycles. The van der Waals surface area contributed by atoms with Gasteiger partial charge in [-0.05, 0) is 54.5 Å². The van der Waals surface area contributed by atoms with E-state index >= 15 is 0 Å². The molecule has 0 aliphatic carbocycles. The van der Waals surface area contributed by atoms with Gasteiger partial charge < -0.3 is 14.2 Å². The van der Waals surface area contributed by atoms with Gasteiger partial charge in [-0.15, -0.1) is 5.10 Å². The zero-order valence-corrected chi connectivity index (χ0v) is 18.2. The molecule has 4 aromatic rings. The Bertz CT molecular complexity index is 1340. The van der Waals surface area contributed by atoms with Crippen LogP contribution in [-0.4, -0.2) is 35.4 Å². The number of rotatable bonds is 7. The predicted octanol–water partition coefficient (Wildman–Crippen LogP) is 3.29. The summed E-state index contributed by atoms with van der Waals surface area (Å²) in [6.07, 6.45) is 5.45. The minimum atomic E-state index is -0.188. The van der Waals surface area contributed by atoms with Crippen molar-refractivity contribution in [3.8, 4) is 17.2 Å². The van der Waals surface area contributed by atoms with Crippen LogP contribution in [0.3, 0.4) is 0 Å². The molecule has 0 saturated carbocycles. The van der Waals surface area contributed by atoms with Crippen molar-refractivity contribution in [2.45, 2.75) is 6.92 Å². The number of benzene rings is 2. The minimum absolute atomic E-state index is 0.188. The van der Waals surface area contributed by atoms with E-state index in [2.05, 4.69) is 10.1 Å². The Morgan fingerprint density at radius 2 is 1.74 bits per heavy atom. The Hall–Kier alpha value is -3.65. The van der Waals surface area contributed by atoms with Crippen molar-refractivity contribution in [3.05, 3.63) is 74.3 Å². The van der Waals surface area contributed by atoms with Crippen LogP contribution in [0.2, 0.25) is 0 Å². The molecular formula is C23H21N3O4S. The maximum atomic E-state index is 12.7. The summed E-state index contributed by atoms with van der Waals surface area (Å²) in [5.74, 6) is 2.56. The molecule has 0 unspecified atom stereocenters. The summed E-state index contributed by atoms with van der Waals surface area (Å²) in [4.78, 5) is 17.7. The highest BCUT2D eigenvalue weighted by molar-refractivity contribution is 7.15. The first kappa shape index (κ1) is 20.6. The summed E-state index contributed by atoms with van der Waals surface area (Å²) in [5.41, 5.74) is 1.63. The fraction of sp³-hybridized carbons (Fsp3) is 0.174. The van der Waals surface area contributed by atoms with E-state index in [0.29, 0.717) is 33.4 Å². The number of fused-ring (bicyclic) bond motifs is 1. The monoisotopic (exact) mass is 435 g/mol. The lowest BCUT2D eigenvalue weighted by Crippen LogP contribution is -2.23. The van der Waals surface area contributed by atoms with Crippen LogP contribution >= 0.6 is 11.3 Å². The number of hydrogen-bond acceptors (Lipinski definition) is 7. The number of thiazole rings is 1. The fourth-order valence-electron chi connectivity index (χ4n) is 3.03. The maximum Gasteiger partial charge on any atom is 0.291 e. The molecule has 7 nitrogen and oxygen atoms in total. The SMILES string of the molecule is CCOc1ccc(C=c2sc3nc(C=Cc4ccc(OC)c(OC)c4)nn3c2=O)cc1. The van der Waals surface area contributed by atoms with Crippen molar-refractivity contribution < 1.29 is 14.2 Å². The smallest absolute Gasteiger partial charge is 0.291 e. The molecule has 2 heterocycles. The quantitative estimate of drug-likeness (QED) is 0.444. The molecule has 0 aliphatic rings. The first-order valence-electron chi connectivity index (χ1n) is 9.65. The number of ether oxygens (including phenoxy) is 3. The zero-order chi connectivity index (χ0) is 21.8. The Kier molecular flexibility index (Phi) is 5.99. The van der Waals surface area contributed by atoms with Gasteiger partial charge in [-0.2, -0.15) is 9.50 Å². The molecule has 0 radical (unpaired) electrons. The van der Waals surface area contributed by atoms with E-state index in [0.717, 1.165) is 16.9 Å². The molecule has 0 N–H and O–H groups in total. The molecule has 0 amide bonds. The van der Waals surface area contributed by atoms with E-state index < -0.39 is 0 Å². The second-order valence-electron chi connectivity index (χ2n) is 6.53. The van der Waals surface area contributed by atoms with Gasteiger partial charge in [0.1, 0.15) is 5.75 Å². The Morgan fingerprint density at radius 3 is 2.42 bits per heavy atom. The summed E-state index contributed by atoms with van der Waals surface area (Å²) in [5, 5.41) is 4.33. The number of aromatic nitrogens is 3. The van der Waals surface area contributed by atoms with Gasteiger partial charge in [0.25, 0.3) is 5.56 Å². The molecule has 0 fully saturated rings. The molecule has 8 heteroatoms. The highest BCUT2D eigenvalue weighted by atomic mass is 32.1. The Balaban J connectivity index is 1.59. The van der Waals surface area contributed by atoms with Crippen molar-refractivity contribution in [1.29, 1.82) is 0 Å². The van der Waals surface area contributed by atoms with Gasteiger partial charge in [0.2, 0.25) is 4.96 Å². The number of nitrogens with zero attached hydrogens (tertiary/aromatic N) is 3. The molecule has 0 aliphatic heterocycles. The first-order chi connectivity index (χ1) is 15.1. The molecule has 0 bridgehead atoms. The van der Waals surface area contributed by atoms with Crippen molar-refractivity contribution in [1.82, 2.24) is 14.6 Å². The highest BCUT2D eigenvalue weighted by Crippen LogP contribution is 2.28. The van der Waals surface area contributed by atoms with Crippen LogP contribution < -0.4 is 24.3 Å². The van der Waals surface area contributed by atoms with Crippen molar-refractivity contribution in [3.63, 3.8) is 0 Å². The first-order valence-corrected chi connectivity index (χ1v) is 10.5. The topological polar surface area (TPSA) is 74.9 Å². The van der Waals surface area contributed by atoms with Gasteiger partial charge in [-0.3, -0.25) is 4.79 Å². The van der Waals surface area contributed by atoms with Gasteiger partial charge in [0.05, 0.1) is 25.4 Å². The third-order valence-electron chi connectivity index (χ3n) is 4.52. The lowest BCUT2D eigenvalue weighted by molar-refractivity contribution is 0.340. The van der Waals surface area contributed by atoms with Gasteiger partial charge in [-0.25, -0.2) is 0 Å². The van der Waals surface area contributed by atoms with Crippen LogP contribution in [0.1, 0.15) is 23.9 Å². The van der Waals surface area contributed by atoms with Crippen LogP contribution in [0.5, 0.6) is 17.2 Å². The average molecular weight is 436 g/mol. The largest absolute Gasteiger partial charge is 0.494 e. The second-order valence-corrected chi connectivity index (χ2v) is 7.54. The standard InChI is InChI=1S/C23H21N3O4S/c1-4-30-17-9-5-16(6-10-17)14-20-22(27)26-23(31-20)24-21(25-26)12-8-15-7-11-18(28-2)19(13-15)29-3/h5-14H,4H2,1-3H3. The van der Waals surface area contributed by atoms with E-state index in [1.807, 2.05) is 61.5 Å². The normalized spacial score (nSPS) is 12.0. The highest BCUT2D eigenvalue weighted by Gasteiger charge is 2.09. The van der Waals surface area contributed by atoms with E-state index in [1.54, 1.807) is 20.3 Å². The predicted molar refractivity (Wildman–Crippen MR) is 122 cm³/mol. The maximum absolute atomic E-state index is 12.7. The molecule has 158 valence electrons. The van der Waals surface area contributed by atoms with Gasteiger partial charge in [0, 0.05) is 0 Å². The third-order valence-corrected chi connectivity index (χ3v) is 5.48. The van der Waals surface area contributed by atoms with Gasteiger partial charge in [0.15, 0.2) is 17.3 Å². The van der Waals surface area contributed by atoms with E-state index in [9.17, 15) is 4.79 Å². The third kappa shape index (κ3) is 4.44. The molecule has 2 aromatic carbocycles. The lowest BCUT2D eigenvalue weighted by atomic mass is 10.2. The van der Waals surface area contributed by atoms with Crippen LogP contribution in [0.25, 0.3) is 23.2 Å². The van der Waals surface area contributed by atoms with Gasteiger partial charge in [-0.1, -0.05) is 35.6 Å². The summed E-state index contributed by atoms with van der Waals surface area (Å²) in [7, 11) is 3.19. The molecular weight excluding hydrogens is 414 g/mol. The summed E-state index contributed by atoms with van der Waals surface area (Å²) in [6.45, 7) is 2.56. The Morgan fingerprint density at radius 1 is 1.00 bits per heavy atom. The molecule has 0 spiro atoms. The summed E-state index contributed by atoms with van der Waals surface area (Å²) in [6, 6.07) is 13.2. The molecule has 4 rings (SSSR count). The minimum Gasteiger partial charge on any atom is -0.494 e. The van der Waals surface area contributed by atoms with Crippen molar-refractivity contribution in [2.24, 2.45) is 0 Å². The van der Waals surface area contributed by atoms with Crippen molar-refractivity contribution in [2.75, 3.05) is 20.8 Å². The van der Waals surface area contributed by atoms with Crippen molar-refractivity contribution >= 4 is 34.5 Å². The molecule has 0 atom stereocenters. The second kappa shape index (κ2) is 9.01. The average Bonchev–Trinajstić information content (AvgIpc) is 3.32.